The monoisotopic (exact) mass is 348 g/mol. The molecule has 2 heteroatoms. The highest BCUT2D eigenvalue weighted by Gasteiger charge is 2.09. The molecule has 1 atom stereocenters. The Morgan fingerprint density at radius 2 is 2.04 bits per heavy atom. The highest BCUT2D eigenvalue weighted by molar-refractivity contribution is 6.03. The second-order valence-electron chi connectivity index (χ2n) is 6.54. The molecule has 0 radical (unpaired) electrons. The molecule has 2 nitrogen and oxygen atoms in total. The van der Waals surface area contributed by atoms with Crippen LogP contribution in [0.1, 0.15) is 41.0 Å². The number of hydrogen-bond acceptors (Lipinski definition) is 2. The lowest BCUT2D eigenvalue weighted by molar-refractivity contribution is 0.934. The molecule has 26 heavy (non-hydrogen) atoms. The van der Waals surface area contributed by atoms with Crippen molar-refractivity contribution in [3.63, 3.8) is 0 Å². The van der Waals surface area contributed by atoms with E-state index >= 15 is 0 Å². The van der Waals surface area contributed by atoms with Gasteiger partial charge in [-0.1, -0.05) is 68.5 Å². The van der Waals surface area contributed by atoms with E-state index in [1.807, 2.05) is 25.2 Å². The Hall–Kier alpha value is -2.61. The van der Waals surface area contributed by atoms with Crippen LogP contribution in [0.15, 0.2) is 100 Å². The Morgan fingerprint density at radius 1 is 1.31 bits per heavy atom. The number of nitrogens with zero attached hydrogens (tertiary/aromatic N) is 1. The molecule has 0 saturated heterocycles. The van der Waals surface area contributed by atoms with Gasteiger partial charge in [0.15, 0.2) is 0 Å². The van der Waals surface area contributed by atoms with Gasteiger partial charge in [-0.05, 0) is 62.5 Å². The van der Waals surface area contributed by atoms with E-state index < -0.39 is 0 Å². The molecule has 0 spiro atoms. The van der Waals surface area contributed by atoms with E-state index in [1.54, 1.807) is 6.08 Å². The summed E-state index contributed by atoms with van der Waals surface area (Å²) in [5.41, 5.74) is 12.0. The van der Waals surface area contributed by atoms with Crippen molar-refractivity contribution in [2.24, 2.45) is 16.6 Å². The second kappa shape index (κ2) is 11.1. The van der Waals surface area contributed by atoms with Gasteiger partial charge >= 0.3 is 0 Å². The molecule has 0 aromatic carbocycles. The SMILES string of the molecule is C=C\C(N)=C/C=C(\C=C/C)C(/CC)=N/C1=CC=CC(C)C=C1C=C(C)C. The first-order valence-corrected chi connectivity index (χ1v) is 9.17. The summed E-state index contributed by atoms with van der Waals surface area (Å²) in [6.45, 7) is 14.2. The maximum absolute atomic E-state index is 5.85. The molecular formula is C24H32N2. The van der Waals surface area contributed by atoms with Gasteiger partial charge < -0.3 is 5.73 Å². The number of allylic oxidation sites excluding steroid dienone is 12. The van der Waals surface area contributed by atoms with Gasteiger partial charge in [0, 0.05) is 11.4 Å². The van der Waals surface area contributed by atoms with E-state index in [0.29, 0.717) is 11.6 Å². The number of aliphatic imine (C=N–C) groups is 1. The molecule has 0 aromatic rings. The lowest BCUT2D eigenvalue weighted by Crippen LogP contribution is -2.02. The van der Waals surface area contributed by atoms with E-state index in [9.17, 15) is 0 Å². The molecule has 0 saturated carbocycles. The Bertz CT molecular complexity index is 743. The molecule has 1 aliphatic rings. The van der Waals surface area contributed by atoms with Crippen LogP contribution in [-0.4, -0.2) is 5.71 Å². The van der Waals surface area contributed by atoms with Gasteiger partial charge in [0.2, 0.25) is 0 Å². The molecule has 2 N–H and O–H groups in total. The molecule has 0 bridgehead atoms. The molecule has 0 amide bonds. The van der Waals surface area contributed by atoms with E-state index in [1.165, 1.54) is 5.57 Å². The molecule has 1 unspecified atom stereocenters. The number of rotatable bonds is 7. The largest absolute Gasteiger partial charge is 0.399 e. The fourth-order valence-corrected chi connectivity index (χ4v) is 2.55. The zero-order chi connectivity index (χ0) is 19.5. The predicted octanol–water partition coefficient (Wildman–Crippen LogP) is 6.35. The third kappa shape index (κ3) is 7.10. The first kappa shape index (κ1) is 21.4. The quantitative estimate of drug-likeness (QED) is 0.422. The van der Waals surface area contributed by atoms with Crippen molar-refractivity contribution in [1.82, 2.24) is 0 Å². The number of nitrogens with two attached hydrogens (primary N) is 1. The average molecular weight is 349 g/mol. The van der Waals surface area contributed by atoms with Crippen LogP contribution in [0.4, 0.5) is 0 Å². The average Bonchev–Trinajstić information content (AvgIpc) is 2.76. The van der Waals surface area contributed by atoms with Crippen molar-refractivity contribution in [2.75, 3.05) is 0 Å². The fraction of sp³-hybridized carbons (Fsp3) is 0.292. The number of hydrogen-bond donors (Lipinski definition) is 1. The lowest BCUT2D eigenvalue weighted by atomic mass is 10.0. The Kier molecular flexibility index (Phi) is 9.14. The van der Waals surface area contributed by atoms with Crippen molar-refractivity contribution in [3.05, 3.63) is 95.5 Å². The molecule has 0 heterocycles. The summed E-state index contributed by atoms with van der Waals surface area (Å²) in [5.74, 6) is 0.385. The van der Waals surface area contributed by atoms with E-state index in [2.05, 4.69) is 70.7 Å². The molecule has 0 aromatic heterocycles. The highest BCUT2D eigenvalue weighted by Crippen LogP contribution is 2.23. The van der Waals surface area contributed by atoms with Gasteiger partial charge in [-0.25, -0.2) is 0 Å². The first-order chi connectivity index (χ1) is 12.4. The van der Waals surface area contributed by atoms with Gasteiger partial charge in [0.1, 0.15) is 0 Å². The lowest BCUT2D eigenvalue weighted by Gasteiger charge is -2.10. The van der Waals surface area contributed by atoms with E-state index in [-0.39, 0.29) is 0 Å². The van der Waals surface area contributed by atoms with Crippen molar-refractivity contribution >= 4 is 5.71 Å². The third-order valence-corrected chi connectivity index (χ3v) is 3.81. The highest BCUT2D eigenvalue weighted by atomic mass is 14.8. The topological polar surface area (TPSA) is 38.4 Å². The molecule has 0 fully saturated rings. The Labute approximate surface area is 159 Å². The van der Waals surface area contributed by atoms with Crippen LogP contribution < -0.4 is 5.73 Å². The Balaban J connectivity index is 3.43. The predicted molar refractivity (Wildman–Crippen MR) is 117 cm³/mol. The minimum absolute atomic E-state index is 0.385. The maximum atomic E-state index is 5.85. The van der Waals surface area contributed by atoms with Crippen molar-refractivity contribution in [2.45, 2.75) is 41.0 Å². The van der Waals surface area contributed by atoms with Crippen LogP contribution in [-0.2, 0) is 0 Å². The minimum Gasteiger partial charge on any atom is -0.399 e. The van der Waals surface area contributed by atoms with Crippen LogP contribution in [0.2, 0.25) is 0 Å². The van der Waals surface area contributed by atoms with E-state index in [0.717, 1.165) is 29.0 Å². The smallest absolute Gasteiger partial charge is 0.0702 e. The van der Waals surface area contributed by atoms with Gasteiger partial charge in [-0.3, -0.25) is 4.99 Å². The van der Waals surface area contributed by atoms with Crippen LogP contribution in [0.3, 0.4) is 0 Å². The van der Waals surface area contributed by atoms with Crippen molar-refractivity contribution in [3.8, 4) is 0 Å². The van der Waals surface area contributed by atoms with Crippen LogP contribution in [0.5, 0.6) is 0 Å². The molecule has 0 aliphatic heterocycles. The van der Waals surface area contributed by atoms with Gasteiger partial charge in [-0.2, -0.15) is 0 Å². The van der Waals surface area contributed by atoms with Gasteiger partial charge in [-0.15, -0.1) is 0 Å². The summed E-state index contributed by atoms with van der Waals surface area (Å²) in [6, 6.07) is 0. The standard InChI is InChI=1S/C24H32N2/c1-7-11-20(14-15-22(25)8-2)23(9-3)26-24-13-10-12-19(6)17-21(24)16-18(4)5/h7-8,10-17,19H,2,9,25H2,1,3-6H3/b11-7-,20-14+,22-15+,26-23+. The third-order valence-electron chi connectivity index (χ3n) is 3.81. The van der Waals surface area contributed by atoms with Gasteiger partial charge in [0.25, 0.3) is 0 Å². The normalized spacial score (nSPS) is 19.1. The van der Waals surface area contributed by atoms with Crippen molar-refractivity contribution < 1.29 is 0 Å². The summed E-state index contributed by atoms with van der Waals surface area (Å²) in [4.78, 5) is 5.00. The van der Waals surface area contributed by atoms with E-state index in [4.69, 9.17) is 10.7 Å². The Morgan fingerprint density at radius 3 is 2.62 bits per heavy atom. The summed E-state index contributed by atoms with van der Waals surface area (Å²) in [6.07, 6.45) is 21.2. The van der Waals surface area contributed by atoms with Crippen LogP contribution in [0.25, 0.3) is 0 Å². The fourth-order valence-electron chi connectivity index (χ4n) is 2.55. The van der Waals surface area contributed by atoms with Crippen LogP contribution >= 0.6 is 0 Å². The van der Waals surface area contributed by atoms with Crippen molar-refractivity contribution in [1.29, 1.82) is 0 Å². The van der Waals surface area contributed by atoms with Gasteiger partial charge in [0.05, 0.1) is 5.70 Å². The minimum atomic E-state index is 0.385. The molecule has 138 valence electrons. The molecule has 1 rings (SSSR count). The zero-order valence-corrected chi connectivity index (χ0v) is 16.8. The zero-order valence-electron chi connectivity index (χ0n) is 16.8. The molecule has 1 aliphatic carbocycles. The summed E-state index contributed by atoms with van der Waals surface area (Å²) in [7, 11) is 0. The first-order valence-electron chi connectivity index (χ1n) is 9.17. The summed E-state index contributed by atoms with van der Waals surface area (Å²) < 4.78 is 0. The van der Waals surface area contributed by atoms with Crippen LogP contribution in [0, 0.1) is 5.92 Å². The summed E-state index contributed by atoms with van der Waals surface area (Å²) >= 11 is 0. The second-order valence-corrected chi connectivity index (χ2v) is 6.54. The summed E-state index contributed by atoms with van der Waals surface area (Å²) in [5, 5.41) is 0. The molecular weight excluding hydrogens is 316 g/mol. The maximum Gasteiger partial charge on any atom is 0.0702 e.